The highest BCUT2D eigenvalue weighted by molar-refractivity contribution is 5.81. The summed E-state index contributed by atoms with van der Waals surface area (Å²) in [5, 5.41) is 6.45. The van der Waals surface area contributed by atoms with Crippen LogP contribution in [0.4, 0.5) is 0 Å². The minimum atomic E-state index is 0.0574. The van der Waals surface area contributed by atoms with E-state index < -0.39 is 0 Å². The Morgan fingerprint density at radius 1 is 1.39 bits per heavy atom. The SMILES string of the molecule is CCNC(=NCCCN1CCCC1C(=O)N(C)C)NCCOC. The number of carbonyl (C=O) groups is 1. The second kappa shape index (κ2) is 11.2. The lowest BCUT2D eigenvalue weighted by Gasteiger charge is -2.25. The Hall–Kier alpha value is -1.34. The Kier molecular flexibility index (Phi) is 9.63. The number of guanidine groups is 1. The second-order valence-corrected chi connectivity index (χ2v) is 5.96. The largest absolute Gasteiger partial charge is 0.383 e. The molecule has 7 heteroatoms. The van der Waals surface area contributed by atoms with Crippen LogP contribution in [0.3, 0.4) is 0 Å². The number of ether oxygens (including phenoxy) is 1. The average molecular weight is 327 g/mol. The zero-order valence-corrected chi connectivity index (χ0v) is 15.1. The van der Waals surface area contributed by atoms with Crippen LogP contribution < -0.4 is 10.6 Å². The molecule has 7 nitrogen and oxygen atoms in total. The molecule has 1 heterocycles. The number of methoxy groups -OCH3 is 1. The fraction of sp³-hybridized carbons (Fsp3) is 0.875. The van der Waals surface area contributed by atoms with Crippen LogP contribution in [-0.4, -0.2) is 88.2 Å². The van der Waals surface area contributed by atoms with Crippen molar-refractivity contribution in [1.82, 2.24) is 20.4 Å². The predicted octanol–water partition coefficient (Wildman–Crippen LogP) is 0.131. The molecular formula is C16H33N5O2. The van der Waals surface area contributed by atoms with Gasteiger partial charge in [-0.3, -0.25) is 14.7 Å². The maximum atomic E-state index is 12.2. The standard InChI is InChI=1S/C16H33N5O2/c1-5-17-16(19-10-13-23-4)18-9-7-12-21-11-6-8-14(21)15(22)20(2)3/h14H,5-13H2,1-4H3,(H2,17,18,19). The van der Waals surface area contributed by atoms with Gasteiger partial charge in [0.25, 0.3) is 0 Å². The van der Waals surface area contributed by atoms with Crippen molar-refractivity contribution in [2.24, 2.45) is 4.99 Å². The van der Waals surface area contributed by atoms with E-state index in [2.05, 4.69) is 27.4 Å². The van der Waals surface area contributed by atoms with Crippen LogP contribution in [0, 0.1) is 0 Å². The first kappa shape index (κ1) is 19.7. The van der Waals surface area contributed by atoms with E-state index in [0.717, 1.165) is 57.9 Å². The summed E-state index contributed by atoms with van der Waals surface area (Å²) in [6.07, 6.45) is 3.04. The highest BCUT2D eigenvalue weighted by atomic mass is 16.5. The van der Waals surface area contributed by atoms with Crippen LogP contribution in [0.25, 0.3) is 0 Å². The molecule has 0 spiro atoms. The number of aliphatic imine (C=N–C) groups is 1. The van der Waals surface area contributed by atoms with E-state index in [9.17, 15) is 4.79 Å². The summed E-state index contributed by atoms with van der Waals surface area (Å²) < 4.78 is 5.03. The summed E-state index contributed by atoms with van der Waals surface area (Å²) in [5.41, 5.74) is 0. The normalized spacial score (nSPS) is 19.0. The molecule has 134 valence electrons. The number of likely N-dealkylation sites (tertiary alicyclic amines) is 1. The van der Waals surface area contributed by atoms with Crippen molar-refractivity contribution in [3.8, 4) is 0 Å². The van der Waals surface area contributed by atoms with Crippen molar-refractivity contribution in [3.63, 3.8) is 0 Å². The summed E-state index contributed by atoms with van der Waals surface area (Å²) in [7, 11) is 5.35. The summed E-state index contributed by atoms with van der Waals surface area (Å²) in [5.74, 6) is 1.05. The molecule has 0 aliphatic carbocycles. The van der Waals surface area contributed by atoms with Gasteiger partial charge in [0, 0.05) is 47.4 Å². The highest BCUT2D eigenvalue weighted by Gasteiger charge is 2.30. The van der Waals surface area contributed by atoms with Gasteiger partial charge in [0.2, 0.25) is 5.91 Å². The molecular weight excluding hydrogens is 294 g/mol. The third kappa shape index (κ3) is 7.18. The van der Waals surface area contributed by atoms with E-state index in [1.54, 1.807) is 12.0 Å². The molecule has 1 fully saturated rings. The lowest BCUT2D eigenvalue weighted by atomic mass is 10.2. The van der Waals surface area contributed by atoms with Crippen molar-refractivity contribution >= 4 is 11.9 Å². The molecule has 1 aliphatic heterocycles. The first-order chi connectivity index (χ1) is 11.1. The number of nitrogens with zero attached hydrogens (tertiary/aromatic N) is 3. The lowest BCUT2D eigenvalue weighted by Crippen LogP contribution is -2.43. The molecule has 1 aliphatic rings. The summed E-state index contributed by atoms with van der Waals surface area (Å²) in [6.45, 7) is 6.98. The van der Waals surface area contributed by atoms with E-state index in [0.29, 0.717) is 6.61 Å². The Bertz CT molecular complexity index is 373. The van der Waals surface area contributed by atoms with Crippen molar-refractivity contribution in [1.29, 1.82) is 0 Å². The third-order valence-corrected chi connectivity index (χ3v) is 3.91. The molecule has 0 aromatic heterocycles. The Morgan fingerprint density at radius 3 is 2.83 bits per heavy atom. The first-order valence-corrected chi connectivity index (χ1v) is 8.56. The number of likely N-dealkylation sites (N-methyl/N-ethyl adjacent to an activating group) is 1. The van der Waals surface area contributed by atoms with Crippen LogP contribution in [0.2, 0.25) is 0 Å². The van der Waals surface area contributed by atoms with Crippen molar-refractivity contribution in [2.45, 2.75) is 32.2 Å². The molecule has 0 radical (unpaired) electrons. The van der Waals surface area contributed by atoms with Crippen molar-refractivity contribution < 1.29 is 9.53 Å². The van der Waals surface area contributed by atoms with Gasteiger partial charge in [0.05, 0.1) is 12.6 Å². The predicted molar refractivity (Wildman–Crippen MR) is 93.8 cm³/mol. The molecule has 0 saturated carbocycles. The zero-order valence-electron chi connectivity index (χ0n) is 15.1. The Balaban J connectivity index is 2.35. The van der Waals surface area contributed by atoms with Gasteiger partial charge < -0.3 is 20.3 Å². The number of hydrogen-bond donors (Lipinski definition) is 2. The lowest BCUT2D eigenvalue weighted by molar-refractivity contribution is -0.133. The second-order valence-electron chi connectivity index (χ2n) is 5.96. The highest BCUT2D eigenvalue weighted by Crippen LogP contribution is 2.18. The van der Waals surface area contributed by atoms with Gasteiger partial charge >= 0.3 is 0 Å². The van der Waals surface area contributed by atoms with E-state index in [1.807, 2.05) is 14.1 Å². The van der Waals surface area contributed by atoms with Crippen LogP contribution in [0.5, 0.6) is 0 Å². The van der Waals surface area contributed by atoms with E-state index in [-0.39, 0.29) is 11.9 Å². The molecule has 1 unspecified atom stereocenters. The molecule has 1 amide bonds. The van der Waals surface area contributed by atoms with Crippen LogP contribution in [0.1, 0.15) is 26.2 Å². The van der Waals surface area contributed by atoms with E-state index in [4.69, 9.17) is 4.74 Å². The monoisotopic (exact) mass is 327 g/mol. The van der Waals surface area contributed by atoms with Gasteiger partial charge in [0.1, 0.15) is 0 Å². The zero-order chi connectivity index (χ0) is 17.1. The number of nitrogens with one attached hydrogen (secondary N) is 2. The van der Waals surface area contributed by atoms with Gasteiger partial charge in [-0.1, -0.05) is 0 Å². The summed E-state index contributed by atoms with van der Waals surface area (Å²) in [4.78, 5) is 20.7. The number of amides is 1. The maximum absolute atomic E-state index is 12.2. The number of hydrogen-bond acceptors (Lipinski definition) is 4. The fourth-order valence-electron chi connectivity index (χ4n) is 2.75. The summed E-state index contributed by atoms with van der Waals surface area (Å²) >= 11 is 0. The smallest absolute Gasteiger partial charge is 0.239 e. The van der Waals surface area contributed by atoms with Gasteiger partial charge in [-0.2, -0.15) is 0 Å². The van der Waals surface area contributed by atoms with Crippen molar-refractivity contribution in [2.75, 3.05) is 60.5 Å². The van der Waals surface area contributed by atoms with E-state index >= 15 is 0 Å². The maximum Gasteiger partial charge on any atom is 0.239 e. The molecule has 0 bridgehead atoms. The van der Waals surface area contributed by atoms with Crippen LogP contribution in [-0.2, 0) is 9.53 Å². The van der Waals surface area contributed by atoms with Gasteiger partial charge in [-0.25, -0.2) is 0 Å². The molecule has 2 N–H and O–H groups in total. The number of carbonyl (C=O) groups excluding carboxylic acids is 1. The Labute approximate surface area is 140 Å². The number of rotatable bonds is 9. The molecule has 1 saturated heterocycles. The summed E-state index contributed by atoms with van der Waals surface area (Å²) in [6, 6.07) is 0.0574. The molecule has 23 heavy (non-hydrogen) atoms. The fourth-order valence-corrected chi connectivity index (χ4v) is 2.75. The minimum absolute atomic E-state index is 0.0574. The van der Waals surface area contributed by atoms with Crippen LogP contribution in [0.15, 0.2) is 4.99 Å². The molecule has 1 atom stereocenters. The Morgan fingerprint density at radius 2 is 2.17 bits per heavy atom. The van der Waals surface area contributed by atoms with Crippen LogP contribution >= 0.6 is 0 Å². The molecule has 0 aromatic rings. The quantitative estimate of drug-likeness (QED) is 0.358. The van der Waals surface area contributed by atoms with Gasteiger partial charge in [0.15, 0.2) is 5.96 Å². The topological polar surface area (TPSA) is 69.2 Å². The van der Waals surface area contributed by atoms with Gasteiger partial charge in [-0.15, -0.1) is 0 Å². The average Bonchev–Trinajstić information content (AvgIpc) is 2.99. The first-order valence-electron chi connectivity index (χ1n) is 8.56. The third-order valence-electron chi connectivity index (χ3n) is 3.91. The van der Waals surface area contributed by atoms with E-state index in [1.165, 1.54) is 0 Å². The molecule has 1 rings (SSSR count). The minimum Gasteiger partial charge on any atom is -0.383 e. The van der Waals surface area contributed by atoms with Gasteiger partial charge in [-0.05, 0) is 32.7 Å². The van der Waals surface area contributed by atoms with Crippen molar-refractivity contribution in [3.05, 3.63) is 0 Å². The molecule has 0 aromatic carbocycles.